The first-order valence-corrected chi connectivity index (χ1v) is 6.62. The average molecular weight is 264 g/mol. The summed E-state index contributed by atoms with van der Waals surface area (Å²) in [6.45, 7) is 3.19. The summed E-state index contributed by atoms with van der Waals surface area (Å²) < 4.78 is 10.1. The monoisotopic (exact) mass is 264 g/mol. The number of rotatable bonds is 1. The van der Waals surface area contributed by atoms with E-state index < -0.39 is 5.72 Å². The number of morpholine rings is 1. The third kappa shape index (κ3) is 1.66. The van der Waals surface area contributed by atoms with Gasteiger partial charge in [0.25, 0.3) is 0 Å². The highest BCUT2D eigenvalue weighted by atomic mass is 16.6. The summed E-state index contributed by atoms with van der Waals surface area (Å²) in [6, 6.07) is 0. The lowest BCUT2D eigenvalue weighted by molar-refractivity contribution is -0.0193. The first-order valence-electron chi connectivity index (χ1n) is 6.62. The Labute approximate surface area is 110 Å². The van der Waals surface area contributed by atoms with Crippen LogP contribution in [0.4, 0.5) is 0 Å². The summed E-state index contributed by atoms with van der Waals surface area (Å²) >= 11 is 0. The molecule has 1 fully saturated rings. The summed E-state index contributed by atoms with van der Waals surface area (Å²) in [6.07, 6.45) is 3.67. The van der Waals surface area contributed by atoms with Crippen molar-refractivity contribution < 1.29 is 14.5 Å². The molecule has 2 aliphatic heterocycles. The summed E-state index contributed by atoms with van der Waals surface area (Å²) in [7, 11) is 0. The van der Waals surface area contributed by atoms with E-state index in [4.69, 9.17) is 9.37 Å². The maximum absolute atomic E-state index is 10.9. The Kier molecular flexibility index (Phi) is 2.49. The number of aromatic nitrogens is 2. The maximum atomic E-state index is 10.9. The van der Waals surface area contributed by atoms with Crippen molar-refractivity contribution >= 4 is 0 Å². The zero-order valence-electron chi connectivity index (χ0n) is 10.5. The summed E-state index contributed by atoms with van der Waals surface area (Å²) in [5, 5.41) is 21.8. The third-order valence-corrected chi connectivity index (χ3v) is 4.15. The van der Waals surface area contributed by atoms with Crippen LogP contribution in [0.1, 0.15) is 17.8 Å². The third-order valence-electron chi connectivity index (χ3n) is 4.15. The molecule has 4 rings (SSSR count). The van der Waals surface area contributed by atoms with E-state index in [2.05, 4.69) is 26.6 Å². The Morgan fingerprint density at radius 3 is 3.00 bits per heavy atom. The molecule has 1 aliphatic carbocycles. The molecule has 7 nitrogen and oxygen atoms in total. The van der Waals surface area contributed by atoms with Crippen LogP contribution in [0.5, 0.6) is 0 Å². The van der Waals surface area contributed by atoms with Crippen LogP contribution in [-0.4, -0.2) is 52.8 Å². The minimum Gasteiger partial charge on any atom is -0.379 e. The van der Waals surface area contributed by atoms with Gasteiger partial charge in [0.15, 0.2) is 11.4 Å². The van der Waals surface area contributed by atoms with E-state index in [9.17, 15) is 5.11 Å². The lowest BCUT2D eigenvalue weighted by Gasteiger charge is -2.34. The predicted molar refractivity (Wildman–Crippen MR) is 63.9 cm³/mol. The van der Waals surface area contributed by atoms with Crippen molar-refractivity contribution in [1.82, 2.24) is 20.5 Å². The number of aryl methyl sites for hydroxylation is 1. The lowest BCUT2D eigenvalue weighted by Crippen LogP contribution is -2.54. The Bertz CT molecular complexity index is 523. The van der Waals surface area contributed by atoms with Gasteiger partial charge in [-0.25, -0.2) is 4.63 Å². The topological polar surface area (TPSA) is 83.7 Å². The molecule has 2 N–H and O–H groups in total. The van der Waals surface area contributed by atoms with Gasteiger partial charge in [0.2, 0.25) is 0 Å². The van der Waals surface area contributed by atoms with Crippen LogP contribution < -0.4 is 5.32 Å². The molecule has 1 saturated heterocycles. The highest BCUT2D eigenvalue weighted by Gasteiger charge is 2.48. The predicted octanol–water partition coefficient (Wildman–Crippen LogP) is -0.651. The normalized spacial score (nSPS) is 34.8. The van der Waals surface area contributed by atoms with Gasteiger partial charge >= 0.3 is 0 Å². The van der Waals surface area contributed by atoms with Crippen molar-refractivity contribution in [2.24, 2.45) is 0 Å². The van der Waals surface area contributed by atoms with Crippen molar-refractivity contribution in [3.8, 4) is 0 Å². The van der Waals surface area contributed by atoms with Gasteiger partial charge in [-0.1, -0.05) is 5.16 Å². The lowest BCUT2D eigenvalue weighted by atomic mass is 9.89. The second-order valence-electron chi connectivity index (χ2n) is 5.20. The molecular formula is C12H16N4O3. The van der Waals surface area contributed by atoms with E-state index in [1.54, 1.807) is 0 Å². The van der Waals surface area contributed by atoms with E-state index in [-0.39, 0.29) is 6.17 Å². The first kappa shape index (κ1) is 11.5. The smallest absolute Gasteiger partial charge is 0.188 e. The van der Waals surface area contributed by atoms with Gasteiger partial charge in [-0.2, -0.15) is 0 Å². The van der Waals surface area contributed by atoms with Crippen molar-refractivity contribution in [2.75, 3.05) is 26.3 Å². The van der Waals surface area contributed by atoms with Gasteiger partial charge in [-0.3, -0.25) is 10.2 Å². The summed E-state index contributed by atoms with van der Waals surface area (Å²) in [4.78, 5) is 2.26. The van der Waals surface area contributed by atoms with E-state index in [0.717, 1.165) is 50.4 Å². The Morgan fingerprint density at radius 2 is 2.16 bits per heavy atom. The molecule has 3 heterocycles. The fourth-order valence-electron chi connectivity index (χ4n) is 3.09. The molecule has 2 unspecified atom stereocenters. The molecule has 0 radical (unpaired) electrons. The van der Waals surface area contributed by atoms with E-state index in [0.29, 0.717) is 5.69 Å². The Morgan fingerprint density at radius 1 is 1.32 bits per heavy atom. The molecule has 19 heavy (non-hydrogen) atoms. The van der Waals surface area contributed by atoms with E-state index in [1.165, 1.54) is 0 Å². The molecule has 0 amide bonds. The molecule has 1 aromatic heterocycles. The van der Waals surface area contributed by atoms with Gasteiger partial charge in [0.05, 0.1) is 19.4 Å². The van der Waals surface area contributed by atoms with Crippen LogP contribution in [0.15, 0.2) is 16.3 Å². The van der Waals surface area contributed by atoms with Crippen LogP contribution >= 0.6 is 0 Å². The summed E-state index contributed by atoms with van der Waals surface area (Å²) in [5.74, 6) is 0. The number of hydrogen-bond donors (Lipinski definition) is 2. The van der Waals surface area contributed by atoms with Gasteiger partial charge in [-0.05, 0) is 29.6 Å². The average Bonchev–Trinajstić information content (AvgIpc) is 3.03. The van der Waals surface area contributed by atoms with Gasteiger partial charge in [-0.15, -0.1) is 0 Å². The van der Waals surface area contributed by atoms with Crippen LogP contribution in [0.25, 0.3) is 0 Å². The van der Waals surface area contributed by atoms with Crippen molar-refractivity contribution in [2.45, 2.75) is 24.7 Å². The Balaban J connectivity index is 1.64. The van der Waals surface area contributed by atoms with E-state index in [1.807, 2.05) is 0 Å². The molecule has 0 aromatic carbocycles. The van der Waals surface area contributed by atoms with Crippen LogP contribution in [-0.2, 0) is 16.9 Å². The van der Waals surface area contributed by atoms with Crippen LogP contribution in [0.3, 0.4) is 0 Å². The molecule has 2 atom stereocenters. The maximum Gasteiger partial charge on any atom is 0.188 e. The standard InChI is InChI=1S/C12H16N4O3/c17-12-8(1-2-9-11(12)15-19-14-9)7-10(13-12)16-3-5-18-6-4-16/h7,10,13,17H,1-6H2. The molecule has 102 valence electrons. The second kappa shape index (κ2) is 4.11. The number of nitrogens with zero attached hydrogens (tertiary/aromatic N) is 3. The number of ether oxygens (including phenoxy) is 1. The van der Waals surface area contributed by atoms with Crippen LogP contribution in [0, 0.1) is 0 Å². The highest BCUT2D eigenvalue weighted by molar-refractivity contribution is 5.38. The summed E-state index contributed by atoms with van der Waals surface area (Å²) in [5.41, 5.74) is 1.01. The van der Waals surface area contributed by atoms with Gasteiger partial charge in [0, 0.05) is 13.1 Å². The number of nitrogens with one attached hydrogen (secondary N) is 1. The van der Waals surface area contributed by atoms with Gasteiger partial charge in [0.1, 0.15) is 5.69 Å². The quantitative estimate of drug-likeness (QED) is 0.652. The zero-order valence-corrected chi connectivity index (χ0v) is 10.5. The SMILES string of the molecule is OC12NC(N3CCOCC3)C=C1CCc1nonc12. The fraction of sp³-hybridized carbons (Fsp3) is 0.667. The minimum atomic E-state index is -1.21. The zero-order chi connectivity index (χ0) is 12.9. The fourth-order valence-corrected chi connectivity index (χ4v) is 3.09. The largest absolute Gasteiger partial charge is 0.379 e. The van der Waals surface area contributed by atoms with Crippen molar-refractivity contribution in [3.63, 3.8) is 0 Å². The number of fused-ring (bicyclic) bond motifs is 3. The molecule has 3 aliphatic rings. The van der Waals surface area contributed by atoms with Crippen molar-refractivity contribution in [1.29, 1.82) is 0 Å². The minimum absolute atomic E-state index is 0.0200. The Hall–Kier alpha value is -1.28. The molecule has 0 saturated carbocycles. The molecular weight excluding hydrogens is 248 g/mol. The van der Waals surface area contributed by atoms with Crippen molar-refractivity contribution in [3.05, 3.63) is 23.0 Å². The van der Waals surface area contributed by atoms with Gasteiger partial charge < -0.3 is 9.84 Å². The molecule has 1 aromatic rings. The van der Waals surface area contributed by atoms with E-state index >= 15 is 0 Å². The first-order chi connectivity index (χ1) is 9.27. The number of aliphatic hydroxyl groups is 1. The highest BCUT2D eigenvalue weighted by Crippen LogP contribution is 2.40. The molecule has 0 bridgehead atoms. The van der Waals surface area contributed by atoms with Crippen LogP contribution in [0.2, 0.25) is 0 Å². The molecule has 7 heteroatoms. The molecule has 0 spiro atoms. The second-order valence-corrected chi connectivity index (χ2v) is 5.20. The number of hydrogen-bond acceptors (Lipinski definition) is 7.